The Kier molecular flexibility index (Phi) is 5.13. The van der Waals surface area contributed by atoms with Gasteiger partial charge in [-0.15, -0.1) is 11.3 Å². The van der Waals surface area contributed by atoms with E-state index in [4.69, 9.17) is 27.9 Å². The van der Waals surface area contributed by atoms with E-state index in [1.807, 2.05) is 24.3 Å². The zero-order chi connectivity index (χ0) is 18.0. The summed E-state index contributed by atoms with van der Waals surface area (Å²) in [5, 5.41) is 1.53. The van der Waals surface area contributed by atoms with E-state index >= 15 is 0 Å². The van der Waals surface area contributed by atoms with Gasteiger partial charge in [-0.1, -0.05) is 41.4 Å². The third-order valence-corrected chi connectivity index (χ3v) is 5.35. The molecule has 0 aliphatic rings. The highest BCUT2D eigenvalue weighted by molar-refractivity contribution is 7.21. The van der Waals surface area contributed by atoms with Crippen LogP contribution in [0.4, 0.5) is 0 Å². The minimum absolute atomic E-state index is 0.206. The highest BCUT2D eigenvalue weighted by atomic mass is 35.5. The Labute approximate surface area is 157 Å². The predicted molar refractivity (Wildman–Crippen MR) is 99.8 cm³/mol. The van der Waals surface area contributed by atoms with Crippen molar-refractivity contribution >= 4 is 56.4 Å². The van der Waals surface area contributed by atoms with Gasteiger partial charge in [0.25, 0.3) is 11.8 Å². The fourth-order valence-corrected chi connectivity index (χ4v) is 3.84. The van der Waals surface area contributed by atoms with E-state index in [0.29, 0.717) is 20.7 Å². The average molecular weight is 395 g/mol. The summed E-state index contributed by atoms with van der Waals surface area (Å²) in [4.78, 5) is 24.9. The molecule has 2 aromatic carbocycles. The Morgan fingerprint density at radius 2 is 1.76 bits per heavy atom. The SMILES string of the molecule is COc1ccc(Cl)cc1C(=O)NNC(=O)c1sc2ccccc2c1Cl. The molecule has 0 aliphatic carbocycles. The quantitative estimate of drug-likeness (QED) is 0.651. The van der Waals surface area contributed by atoms with Crippen molar-refractivity contribution in [2.75, 3.05) is 7.11 Å². The van der Waals surface area contributed by atoms with Crippen LogP contribution in [-0.2, 0) is 0 Å². The van der Waals surface area contributed by atoms with Crippen LogP contribution in [-0.4, -0.2) is 18.9 Å². The third kappa shape index (κ3) is 3.56. The molecule has 0 spiro atoms. The number of rotatable bonds is 3. The Hall–Kier alpha value is -2.28. The molecule has 25 heavy (non-hydrogen) atoms. The van der Waals surface area contributed by atoms with Crippen LogP contribution in [0.2, 0.25) is 10.0 Å². The van der Waals surface area contributed by atoms with E-state index in [-0.39, 0.29) is 5.56 Å². The second-order valence-corrected chi connectivity index (χ2v) is 6.86. The van der Waals surface area contributed by atoms with E-state index in [2.05, 4.69) is 10.9 Å². The molecule has 0 bridgehead atoms. The molecule has 0 atom stereocenters. The summed E-state index contributed by atoms with van der Waals surface area (Å²) < 4.78 is 6.01. The van der Waals surface area contributed by atoms with Crippen molar-refractivity contribution in [1.29, 1.82) is 0 Å². The van der Waals surface area contributed by atoms with Gasteiger partial charge in [-0.2, -0.15) is 0 Å². The van der Waals surface area contributed by atoms with Gasteiger partial charge >= 0.3 is 0 Å². The van der Waals surface area contributed by atoms with E-state index < -0.39 is 11.8 Å². The summed E-state index contributed by atoms with van der Waals surface area (Å²) >= 11 is 13.4. The Balaban J connectivity index is 1.77. The number of fused-ring (bicyclic) bond motifs is 1. The molecule has 0 aliphatic heterocycles. The maximum absolute atomic E-state index is 12.3. The molecule has 0 unspecified atom stereocenters. The molecule has 1 aromatic heterocycles. The lowest BCUT2D eigenvalue weighted by molar-refractivity contribution is 0.0847. The molecular weight excluding hydrogens is 383 g/mol. The first-order valence-corrected chi connectivity index (χ1v) is 8.69. The summed E-state index contributed by atoms with van der Waals surface area (Å²) in [7, 11) is 1.44. The Bertz CT molecular complexity index is 972. The molecule has 3 rings (SSSR count). The molecule has 3 aromatic rings. The number of carbonyl (C=O) groups is 2. The fraction of sp³-hybridized carbons (Fsp3) is 0.0588. The monoisotopic (exact) mass is 394 g/mol. The summed E-state index contributed by atoms with van der Waals surface area (Å²) in [6, 6.07) is 12.0. The van der Waals surface area contributed by atoms with Crippen molar-refractivity contribution in [2.24, 2.45) is 0 Å². The number of hydrogen-bond donors (Lipinski definition) is 2. The minimum atomic E-state index is -0.551. The van der Waals surface area contributed by atoms with Crippen LogP contribution >= 0.6 is 34.5 Å². The van der Waals surface area contributed by atoms with E-state index in [9.17, 15) is 9.59 Å². The van der Waals surface area contributed by atoms with Gasteiger partial charge in [-0.25, -0.2) is 0 Å². The zero-order valence-electron chi connectivity index (χ0n) is 12.9. The largest absolute Gasteiger partial charge is 0.496 e. The number of carbonyl (C=O) groups excluding carboxylic acids is 2. The van der Waals surface area contributed by atoms with Gasteiger partial charge in [-0.05, 0) is 24.3 Å². The maximum atomic E-state index is 12.3. The highest BCUT2D eigenvalue weighted by Crippen LogP contribution is 2.34. The number of benzene rings is 2. The number of halogens is 2. The first kappa shape index (κ1) is 17.5. The van der Waals surface area contributed by atoms with E-state index in [0.717, 1.165) is 10.1 Å². The molecule has 128 valence electrons. The summed E-state index contributed by atoms with van der Waals surface area (Å²) in [6.07, 6.45) is 0. The molecule has 2 amide bonds. The predicted octanol–water partition coefficient (Wildman–Crippen LogP) is 4.29. The zero-order valence-corrected chi connectivity index (χ0v) is 15.3. The normalized spacial score (nSPS) is 10.5. The molecule has 8 heteroatoms. The second-order valence-electron chi connectivity index (χ2n) is 4.99. The lowest BCUT2D eigenvalue weighted by Crippen LogP contribution is -2.41. The topological polar surface area (TPSA) is 67.4 Å². The van der Waals surface area contributed by atoms with Crippen molar-refractivity contribution in [1.82, 2.24) is 10.9 Å². The van der Waals surface area contributed by atoms with Gasteiger partial charge < -0.3 is 4.74 Å². The van der Waals surface area contributed by atoms with Crippen molar-refractivity contribution in [3.05, 3.63) is 63.0 Å². The number of thiophene rings is 1. The molecule has 1 heterocycles. The lowest BCUT2D eigenvalue weighted by atomic mass is 10.2. The van der Waals surface area contributed by atoms with Gasteiger partial charge in [-0.3, -0.25) is 20.4 Å². The molecule has 2 N–H and O–H groups in total. The van der Waals surface area contributed by atoms with Crippen LogP contribution in [0.3, 0.4) is 0 Å². The van der Waals surface area contributed by atoms with Crippen molar-refractivity contribution in [2.45, 2.75) is 0 Å². The fourth-order valence-electron chi connectivity index (χ4n) is 2.26. The number of nitrogens with one attached hydrogen (secondary N) is 2. The van der Waals surface area contributed by atoms with Gasteiger partial charge in [0.15, 0.2) is 0 Å². The van der Waals surface area contributed by atoms with Crippen molar-refractivity contribution in [3.8, 4) is 5.75 Å². The second kappa shape index (κ2) is 7.31. The number of hydrazine groups is 1. The average Bonchev–Trinajstić information content (AvgIpc) is 2.96. The van der Waals surface area contributed by atoms with Gasteiger partial charge in [0, 0.05) is 15.1 Å². The summed E-state index contributed by atoms with van der Waals surface area (Å²) in [5.41, 5.74) is 4.91. The third-order valence-electron chi connectivity index (χ3n) is 3.44. The molecule has 0 saturated heterocycles. The van der Waals surface area contributed by atoms with E-state index in [1.165, 1.54) is 24.5 Å². The van der Waals surface area contributed by atoms with Crippen LogP contribution in [0.15, 0.2) is 42.5 Å². The number of ether oxygens (including phenoxy) is 1. The maximum Gasteiger partial charge on any atom is 0.281 e. The first-order chi connectivity index (χ1) is 12.0. The van der Waals surface area contributed by atoms with Gasteiger partial charge in [0.05, 0.1) is 17.7 Å². The van der Waals surface area contributed by atoms with Crippen LogP contribution in [0.25, 0.3) is 10.1 Å². The Morgan fingerprint density at radius 1 is 1.04 bits per heavy atom. The lowest BCUT2D eigenvalue weighted by Gasteiger charge is -2.10. The number of methoxy groups -OCH3 is 1. The smallest absolute Gasteiger partial charge is 0.281 e. The Morgan fingerprint density at radius 3 is 2.48 bits per heavy atom. The molecule has 0 saturated carbocycles. The van der Waals surface area contributed by atoms with Crippen LogP contribution < -0.4 is 15.6 Å². The number of amides is 2. The van der Waals surface area contributed by atoms with Crippen molar-refractivity contribution < 1.29 is 14.3 Å². The summed E-state index contributed by atoms with van der Waals surface area (Å²) in [6.45, 7) is 0. The van der Waals surface area contributed by atoms with Gasteiger partial charge in [0.2, 0.25) is 0 Å². The van der Waals surface area contributed by atoms with Crippen LogP contribution in [0.1, 0.15) is 20.0 Å². The molecule has 0 radical (unpaired) electrons. The van der Waals surface area contributed by atoms with Crippen molar-refractivity contribution in [3.63, 3.8) is 0 Å². The molecule has 0 fully saturated rings. The van der Waals surface area contributed by atoms with E-state index in [1.54, 1.807) is 12.1 Å². The molecular formula is C17H12Cl2N2O3S. The van der Waals surface area contributed by atoms with Crippen LogP contribution in [0.5, 0.6) is 5.75 Å². The minimum Gasteiger partial charge on any atom is -0.496 e. The number of hydrogen-bond acceptors (Lipinski definition) is 4. The summed E-state index contributed by atoms with van der Waals surface area (Å²) in [5.74, 6) is -0.707. The van der Waals surface area contributed by atoms with Gasteiger partial charge in [0.1, 0.15) is 10.6 Å². The standard InChI is InChI=1S/C17H12Cl2N2O3S/c1-24-12-7-6-9(18)8-11(12)16(22)20-21-17(23)15-14(19)10-4-2-3-5-13(10)25-15/h2-8H,1H3,(H,20,22)(H,21,23). The molecule has 5 nitrogen and oxygen atoms in total. The first-order valence-electron chi connectivity index (χ1n) is 7.12. The van der Waals surface area contributed by atoms with Crippen LogP contribution in [0, 0.1) is 0 Å². The highest BCUT2D eigenvalue weighted by Gasteiger charge is 2.19.